The molecule has 1 atom stereocenters. The van der Waals surface area contributed by atoms with Crippen molar-refractivity contribution < 1.29 is 36.9 Å². The summed E-state index contributed by atoms with van der Waals surface area (Å²) in [6.07, 6.45) is -4.92. The molecule has 0 saturated heterocycles. The molecule has 0 aliphatic carbocycles. The maximum Gasteiger partial charge on any atom is 0.416 e. The third-order valence-electron chi connectivity index (χ3n) is 4.56. The van der Waals surface area contributed by atoms with E-state index in [0.29, 0.717) is 17.7 Å². The maximum absolute atomic E-state index is 12.7. The second-order valence-electron chi connectivity index (χ2n) is 7.46. The number of hydrogen-bond acceptors (Lipinski definition) is 5. The summed E-state index contributed by atoms with van der Waals surface area (Å²) in [6.45, 7) is 6.04. The third kappa shape index (κ3) is 7.84. The van der Waals surface area contributed by atoms with E-state index in [1.165, 1.54) is 19.2 Å². The average Bonchev–Trinajstić information content (AvgIpc) is 2.73. The number of esters is 1. The summed E-state index contributed by atoms with van der Waals surface area (Å²) in [5, 5.41) is 0. The molecular weight excluding hydrogens is 425 g/mol. The van der Waals surface area contributed by atoms with Gasteiger partial charge in [0.1, 0.15) is 5.75 Å². The lowest BCUT2D eigenvalue weighted by molar-refractivity contribution is -0.159. The molecule has 0 aliphatic rings. The minimum atomic E-state index is -4.37. The van der Waals surface area contributed by atoms with Crippen molar-refractivity contribution in [2.45, 2.75) is 58.8 Å². The predicted octanol–water partition coefficient (Wildman–Crippen LogP) is 5.33. The van der Waals surface area contributed by atoms with Crippen LogP contribution in [-0.2, 0) is 44.8 Å². The Morgan fingerprint density at radius 2 is 1.66 bits per heavy atom. The number of rotatable bonds is 11. The van der Waals surface area contributed by atoms with E-state index in [1.54, 1.807) is 13.0 Å². The van der Waals surface area contributed by atoms with Crippen LogP contribution in [0.5, 0.6) is 5.75 Å². The summed E-state index contributed by atoms with van der Waals surface area (Å²) in [7, 11) is 1.54. The monoisotopic (exact) mass is 454 g/mol. The van der Waals surface area contributed by atoms with Crippen LogP contribution in [0.3, 0.4) is 0 Å². The minimum absolute atomic E-state index is 0.144. The normalized spacial score (nSPS) is 12.6. The smallest absolute Gasteiger partial charge is 0.416 e. The van der Waals surface area contributed by atoms with E-state index < -0.39 is 23.8 Å². The van der Waals surface area contributed by atoms with Crippen LogP contribution in [0, 0.1) is 0 Å². The molecule has 176 valence electrons. The van der Waals surface area contributed by atoms with Crippen LogP contribution in [0.15, 0.2) is 42.5 Å². The summed E-state index contributed by atoms with van der Waals surface area (Å²) < 4.78 is 60.0. The van der Waals surface area contributed by atoms with Crippen LogP contribution in [-0.4, -0.2) is 31.9 Å². The number of carbonyl (C=O) groups is 1. The predicted molar refractivity (Wildman–Crippen MR) is 113 cm³/mol. The van der Waals surface area contributed by atoms with Crippen LogP contribution < -0.4 is 4.74 Å². The molecule has 0 saturated carbocycles. The molecule has 2 aromatic carbocycles. The Kier molecular flexibility index (Phi) is 9.53. The molecule has 0 N–H and O–H groups in total. The Hall–Kier alpha value is -2.58. The quantitative estimate of drug-likeness (QED) is 0.430. The van der Waals surface area contributed by atoms with Crippen LogP contribution in [0.25, 0.3) is 0 Å². The van der Waals surface area contributed by atoms with Gasteiger partial charge >= 0.3 is 12.1 Å². The number of halogens is 3. The summed E-state index contributed by atoms with van der Waals surface area (Å²) >= 11 is 0. The Bertz CT molecular complexity index is 863. The molecule has 0 radical (unpaired) electrons. The molecule has 0 amide bonds. The topological polar surface area (TPSA) is 54.0 Å². The van der Waals surface area contributed by atoms with E-state index in [0.717, 1.165) is 23.3 Å². The molecule has 0 aliphatic heterocycles. The van der Waals surface area contributed by atoms with Gasteiger partial charge < -0.3 is 18.9 Å². The zero-order chi connectivity index (χ0) is 23.7. The first-order valence-corrected chi connectivity index (χ1v) is 10.4. The van der Waals surface area contributed by atoms with E-state index in [1.807, 2.05) is 26.0 Å². The lowest BCUT2D eigenvalue weighted by atomic mass is 10.0. The van der Waals surface area contributed by atoms with Crippen molar-refractivity contribution in [3.05, 3.63) is 64.7 Å². The van der Waals surface area contributed by atoms with Crippen molar-refractivity contribution in [3.63, 3.8) is 0 Å². The SMILES string of the molecule is CCOC(=O)C(Cc1ccc(OC)c(COCc2ccc(C(F)(F)F)cc2)c1)OC(C)C. The maximum atomic E-state index is 12.7. The second kappa shape index (κ2) is 11.9. The number of carbonyl (C=O) groups excluding carboxylic acids is 1. The fraction of sp³-hybridized carbons (Fsp3) is 0.458. The van der Waals surface area contributed by atoms with Gasteiger partial charge in [-0.25, -0.2) is 4.79 Å². The Morgan fingerprint density at radius 1 is 1.00 bits per heavy atom. The van der Waals surface area contributed by atoms with Crippen molar-refractivity contribution in [1.29, 1.82) is 0 Å². The number of hydrogen-bond donors (Lipinski definition) is 0. The molecule has 0 heterocycles. The summed E-state index contributed by atoms with van der Waals surface area (Å²) in [6, 6.07) is 10.3. The highest BCUT2D eigenvalue weighted by Gasteiger charge is 2.30. The lowest BCUT2D eigenvalue weighted by Crippen LogP contribution is -2.31. The molecule has 0 bridgehead atoms. The van der Waals surface area contributed by atoms with Crippen molar-refractivity contribution in [3.8, 4) is 5.75 Å². The molecule has 5 nitrogen and oxygen atoms in total. The number of ether oxygens (including phenoxy) is 4. The highest BCUT2D eigenvalue weighted by Crippen LogP contribution is 2.29. The van der Waals surface area contributed by atoms with Gasteiger partial charge in [0.15, 0.2) is 6.10 Å². The Morgan fingerprint density at radius 3 is 2.22 bits per heavy atom. The van der Waals surface area contributed by atoms with Crippen LogP contribution in [0.1, 0.15) is 43.0 Å². The molecule has 0 aromatic heterocycles. The third-order valence-corrected chi connectivity index (χ3v) is 4.56. The highest BCUT2D eigenvalue weighted by atomic mass is 19.4. The molecule has 2 aromatic rings. The van der Waals surface area contributed by atoms with Crippen LogP contribution >= 0.6 is 0 Å². The first kappa shape index (κ1) is 25.7. The first-order chi connectivity index (χ1) is 15.1. The van der Waals surface area contributed by atoms with Crippen LogP contribution in [0.2, 0.25) is 0 Å². The summed E-state index contributed by atoms with van der Waals surface area (Å²) in [4.78, 5) is 12.2. The molecule has 0 fully saturated rings. The second-order valence-corrected chi connectivity index (χ2v) is 7.46. The summed E-state index contributed by atoms with van der Waals surface area (Å²) in [5.74, 6) is 0.191. The molecule has 0 spiro atoms. The van der Waals surface area contributed by atoms with Crippen molar-refractivity contribution in [1.82, 2.24) is 0 Å². The fourth-order valence-corrected chi connectivity index (χ4v) is 3.11. The van der Waals surface area contributed by atoms with E-state index in [9.17, 15) is 18.0 Å². The summed E-state index contributed by atoms with van der Waals surface area (Å²) in [5.41, 5.74) is 1.53. The van der Waals surface area contributed by atoms with Crippen molar-refractivity contribution in [2.24, 2.45) is 0 Å². The van der Waals surface area contributed by atoms with Gasteiger partial charge in [0.2, 0.25) is 0 Å². The van der Waals surface area contributed by atoms with Crippen molar-refractivity contribution >= 4 is 5.97 Å². The zero-order valence-corrected chi connectivity index (χ0v) is 18.7. The van der Waals surface area contributed by atoms with Gasteiger partial charge in [-0.05, 0) is 56.2 Å². The van der Waals surface area contributed by atoms with E-state index >= 15 is 0 Å². The van der Waals surface area contributed by atoms with Gasteiger partial charge in [0.05, 0.1) is 38.6 Å². The molecule has 8 heteroatoms. The number of benzene rings is 2. The van der Waals surface area contributed by atoms with E-state index in [2.05, 4.69) is 0 Å². The van der Waals surface area contributed by atoms with Gasteiger partial charge in [0, 0.05) is 12.0 Å². The van der Waals surface area contributed by atoms with Crippen LogP contribution in [0.4, 0.5) is 13.2 Å². The van der Waals surface area contributed by atoms with Gasteiger partial charge in [-0.2, -0.15) is 13.2 Å². The first-order valence-electron chi connectivity index (χ1n) is 10.4. The van der Waals surface area contributed by atoms with Gasteiger partial charge in [-0.3, -0.25) is 0 Å². The number of methoxy groups -OCH3 is 1. The zero-order valence-electron chi connectivity index (χ0n) is 18.7. The molecule has 32 heavy (non-hydrogen) atoms. The standard InChI is InChI=1S/C24H29F3O5/c1-5-31-23(28)22(32-16(2)3)13-18-8-11-21(29-4)19(12-18)15-30-14-17-6-9-20(10-7-17)24(25,26)27/h6-12,16,22H,5,13-15H2,1-4H3. The highest BCUT2D eigenvalue weighted by molar-refractivity contribution is 5.75. The minimum Gasteiger partial charge on any atom is -0.496 e. The van der Waals surface area contributed by atoms with E-state index in [-0.39, 0.29) is 25.9 Å². The Balaban J connectivity index is 2.06. The van der Waals surface area contributed by atoms with E-state index in [4.69, 9.17) is 18.9 Å². The average molecular weight is 454 g/mol. The van der Waals surface area contributed by atoms with Gasteiger partial charge in [-0.1, -0.05) is 18.2 Å². The molecular formula is C24H29F3O5. The Labute approximate surface area is 186 Å². The fourth-order valence-electron chi connectivity index (χ4n) is 3.11. The largest absolute Gasteiger partial charge is 0.496 e. The van der Waals surface area contributed by atoms with Gasteiger partial charge in [0.25, 0.3) is 0 Å². The molecule has 1 unspecified atom stereocenters. The van der Waals surface area contributed by atoms with Gasteiger partial charge in [-0.15, -0.1) is 0 Å². The van der Waals surface area contributed by atoms with Crippen molar-refractivity contribution in [2.75, 3.05) is 13.7 Å². The number of alkyl halides is 3. The molecule has 2 rings (SSSR count). The lowest BCUT2D eigenvalue weighted by Gasteiger charge is -2.20.